The first kappa shape index (κ1) is 18.0. The summed E-state index contributed by atoms with van der Waals surface area (Å²) < 4.78 is 4.99. The second kappa shape index (κ2) is 9.71. The Balaban J connectivity index is 1.64. The van der Waals surface area contributed by atoms with E-state index in [9.17, 15) is 4.79 Å². The minimum atomic E-state index is -0.0382. The van der Waals surface area contributed by atoms with Gasteiger partial charge < -0.3 is 4.74 Å². The van der Waals surface area contributed by atoms with Crippen molar-refractivity contribution in [1.82, 2.24) is 4.90 Å². The smallest absolute Gasteiger partial charge is 0.305 e. The van der Waals surface area contributed by atoms with Gasteiger partial charge in [0.2, 0.25) is 0 Å². The van der Waals surface area contributed by atoms with Crippen LogP contribution in [0.15, 0.2) is 30.3 Å². The van der Waals surface area contributed by atoms with Crippen LogP contribution in [-0.2, 0) is 16.1 Å². The zero-order valence-corrected chi connectivity index (χ0v) is 14.7. The van der Waals surface area contributed by atoms with E-state index in [4.69, 9.17) is 4.74 Å². The van der Waals surface area contributed by atoms with E-state index < -0.39 is 0 Å². The number of rotatable bonds is 8. The number of esters is 1. The highest BCUT2D eigenvalue weighted by Crippen LogP contribution is 2.31. The molecule has 0 aromatic heterocycles. The minimum Gasteiger partial charge on any atom is -0.466 e. The average Bonchev–Trinajstić information content (AvgIpc) is 2.56. The second-order valence-corrected chi connectivity index (χ2v) is 6.77. The number of ether oxygens (including phenoxy) is 1. The predicted octanol–water partition coefficient (Wildman–Crippen LogP) is 4.41. The molecular weight excluding hydrogens is 286 g/mol. The van der Waals surface area contributed by atoms with E-state index in [0.29, 0.717) is 19.1 Å². The van der Waals surface area contributed by atoms with Crippen molar-refractivity contribution < 1.29 is 9.53 Å². The van der Waals surface area contributed by atoms with E-state index in [1.165, 1.54) is 37.7 Å². The maximum atomic E-state index is 11.4. The number of carbonyl (C=O) groups excluding carboxylic acids is 1. The monoisotopic (exact) mass is 317 g/mol. The van der Waals surface area contributed by atoms with Gasteiger partial charge in [0.15, 0.2) is 0 Å². The Hall–Kier alpha value is -1.35. The summed E-state index contributed by atoms with van der Waals surface area (Å²) in [6.07, 6.45) is 7.91. The van der Waals surface area contributed by atoms with Crippen LogP contribution in [0.1, 0.15) is 57.4 Å². The zero-order chi connectivity index (χ0) is 16.5. The highest BCUT2D eigenvalue weighted by molar-refractivity contribution is 5.69. The first-order chi connectivity index (χ1) is 11.2. The quantitative estimate of drug-likeness (QED) is 0.665. The average molecular weight is 317 g/mol. The Morgan fingerprint density at radius 2 is 1.87 bits per heavy atom. The minimum absolute atomic E-state index is 0.0382. The molecule has 0 radical (unpaired) electrons. The number of nitrogens with zero attached hydrogens (tertiary/aromatic N) is 1. The second-order valence-electron chi connectivity index (χ2n) is 6.77. The van der Waals surface area contributed by atoms with E-state index in [1.54, 1.807) is 0 Å². The summed E-state index contributed by atoms with van der Waals surface area (Å²) in [5.41, 5.74) is 1.39. The normalized spacial score (nSPS) is 21.3. The lowest BCUT2D eigenvalue weighted by atomic mass is 9.82. The van der Waals surface area contributed by atoms with E-state index in [1.807, 2.05) is 6.92 Å². The summed E-state index contributed by atoms with van der Waals surface area (Å²) in [7, 11) is 2.25. The lowest BCUT2D eigenvalue weighted by Gasteiger charge is -2.34. The van der Waals surface area contributed by atoms with Gasteiger partial charge in [-0.1, -0.05) is 30.3 Å². The number of hydrogen-bond donors (Lipinski definition) is 0. The Morgan fingerprint density at radius 1 is 1.17 bits per heavy atom. The third-order valence-electron chi connectivity index (χ3n) is 5.01. The Morgan fingerprint density at radius 3 is 2.52 bits per heavy atom. The Labute approximate surface area is 141 Å². The van der Waals surface area contributed by atoms with Gasteiger partial charge in [-0.25, -0.2) is 0 Å². The number of hydrogen-bond acceptors (Lipinski definition) is 3. The van der Waals surface area contributed by atoms with Crippen molar-refractivity contribution in [2.75, 3.05) is 13.7 Å². The first-order valence-electron chi connectivity index (χ1n) is 9.08. The van der Waals surface area contributed by atoms with Gasteiger partial charge in [0, 0.05) is 19.0 Å². The molecule has 3 heteroatoms. The highest BCUT2D eigenvalue weighted by Gasteiger charge is 2.23. The van der Waals surface area contributed by atoms with Crippen molar-refractivity contribution in [2.45, 2.75) is 64.5 Å². The van der Waals surface area contributed by atoms with Crippen LogP contribution < -0.4 is 0 Å². The van der Waals surface area contributed by atoms with Gasteiger partial charge in [0.05, 0.1) is 6.61 Å². The lowest BCUT2D eigenvalue weighted by Crippen LogP contribution is -2.34. The van der Waals surface area contributed by atoms with Crippen LogP contribution in [0.25, 0.3) is 0 Å². The van der Waals surface area contributed by atoms with Crippen LogP contribution in [0.2, 0.25) is 0 Å². The zero-order valence-electron chi connectivity index (χ0n) is 14.7. The van der Waals surface area contributed by atoms with E-state index in [-0.39, 0.29) is 5.97 Å². The maximum absolute atomic E-state index is 11.4. The van der Waals surface area contributed by atoms with Crippen molar-refractivity contribution in [3.05, 3.63) is 35.9 Å². The molecule has 23 heavy (non-hydrogen) atoms. The van der Waals surface area contributed by atoms with Gasteiger partial charge >= 0.3 is 5.97 Å². The van der Waals surface area contributed by atoms with Gasteiger partial charge in [0.1, 0.15) is 0 Å². The molecule has 0 heterocycles. The van der Waals surface area contributed by atoms with Crippen LogP contribution in [0.3, 0.4) is 0 Å². The molecule has 0 N–H and O–H groups in total. The standard InChI is InChI=1S/C20H31NO2/c1-3-23-20(22)11-7-10-17-12-14-19(15-13-17)21(2)16-18-8-5-4-6-9-18/h4-6,8-9,17,19H,3,7,10-16H2,1-2H3/t17-,19+. The van der Waals surface area contributed by atoms with Gasteiger partial charge in [0.25, 0.3) is 0 Å². The topological polar surface area (TPSA) is 29.5 Å². The van der Waals surface area contributed by atoms with E-state index >= 15 is 0 Å². The molecule has 1 aliphatic rings. The largest absolute Gasteiger partial charge is 0.466 e. The molecule has 0 aliphatic heterocycles. The summed E-state index contributed by atoms with van der Waals surface area (Å²) in [5, 5.41) is 0. The molecule has 3 nitrogen and oxygen atoms in total. The summed E-state index contributed by atoms with van der Waals surface area (Å²) in [6, 6.07) is 11.4. The molecule has 0 atom stereocenters. The fourth-order valence-corrected chi connectivity index (χ4v) is 3.64. The maximum Gasteiger partial charge on any atom is 0.305 e. The molecule has 1 aromatic carbocycles. The molecule has 1 fully saturated rings. The van der Waals surface area contributed by atoms with Crippen LogP contribution in [0, 0.1) is 5.92 Å². The van der Waals surface area contributed by atoms with Gasteiger partial charge in [-0.2, -0.15) is 0 Å². The van der Waals surface area contributed by atoms with E-state index in [2.05, 4.69) is 42.3 Å². The Kier molecular flexibility index (Phi) is 7.60. The Bertz CT molecular complexity index is 452. The molecule has 1 aliphatic carbocycles. The first-order valence-corrected chi connectivity index (χ1v) is 9.08. The number of carbonyl (C=O) groups is 1. The predicted molar refractivity (Wildman–Crippen MR) is 94.1 cm³/mol. The summed E-state index contributed by atoms with van der Waals surface area (Å²) in [4.78, 5) is 13.9. The van der Waals surface area contributed by atoms with Gasteiger partial charge in [-0.05, 0) is 64.0 Å². The molecule has 128 valence electrons. The van der Waals surface area contributed by atoms with Gasteiger partial charge in [-0.15, -0.1) is 0 Å². The van der Waals surface area contributed by atoms with Gasteiger partial charge in [-0.3, -0.25) is 9.69 Å². The molecular formula is C20H31NO2. The fourth-order valence-electron chi connectivity index (χ4n) is 3.64. The lowest BCUT2D eigenvalue weighted by molar-refractivity contribution is -0.143. The molecule has 2 rings (SSSR count). The summed E-state index contributed by atoms with van der Waals surface area (Å²) in [6.45, 7) is 3.40. The van der Waals surface area contributed by atoms with Crippen molar-refractivity contribution >= 4 is 5.97 Å². The van der Waals surface area contributed by atoms with Crippen molar-refractivity contribution in [2.24, 2.45) is 5.92 Å². The number of benzene rings is 1. The molecule has 0 amide bonds. The molecule has 0 saturated heterocycles. The highest BCUT2D eigenvalue weighted by atomic mass is 16.5. The van der Waals surface area contributed by atoms with Crippen molar-refractivity contribution in [3.63, 3.8) is 0 Å². The molecule has 1 aromatic rings. The van der Waals surface area contributed by atoms with Crippen LogP contribution >= 0.6 is 0 Å². The molecule has 1 saturated carbocycles. The third kappa shape index (κ3) is 6.34. The van der Waals surface area contributed by atoms with Crippen LogP contribution in [0.4, 0.5) is 0 Å². The summed E-state index contributed by atoms with van der Waals surface area (Å²) in [5.74, 6) is 0.759. The van der Waals surface area contributed by atoms with E-state index in [0.717, 1.165) is 18.9 Å². The molecule has 0 spiro atoms. The molecule has 0 unspecified atom stereocenters. The van der Waals surface area contributed by atoms with Crippen LogP contribution in [-0.4, -0.2) is 30.6 Å². The molecule has 0 bridgehead atoms. The fraction of sp³-hybridized carbons (Fsp3) is 0.650. The third-order valence-corrected chi connectivity index (χ3v) is 5.01. The van der Waals surface area contributed by atoms with Crippen molar-refractivity contribution in [3.8, 4) is 0 Å². The van der Waals surface area contributed by atoms with Crippen molar-refractivity contribution in [1.29, 1.82) is 0 Å². The summed E-state index contributed by atoms with van der Waals surface area (Å²) >= 11 is 0. The van der Waals surface area contributed by atoms with Crippen LogP contribution in [0.5, 0.6) is 0 Å². The SMILES string of the molecule is CCOC(=O)CCC[C@H]1CC[C@@H](N(C)Cc2ccccc2)CC1.